The minimum absolute atomic E-state index is 0.0929. The van der Waals surface area contributed by atoms with Crippen molar-refractivity contribution in [1.29, 1.82) is 0 Å². The Morgan fingerprint density at radius 1 is 1.17 bits per heavy atom. The highest BCUT2D eigenvalue weighted by Crippen LogP contribution is 2.29. The molecule has 1 aliphatic rings. The number of piperidine rings is 1. The van der Waals surface area contributed by atoms with Gasteiger partial charge in [0, 0.05) is 12.1 Å². The number of aliphatic hydroxyl groups excluding tert-OH is 1. The van der Waals surface area contributed by atoms with Crippen LogP contribution in [-0.4, -0.2) is 34.7 Å². The second kappa shape index (κ2) is 8.16. The first-order valence-corrected chi connectivity index (χ1v) is 8.05. The highest BCUT2D eigenvalue weighted by molar-refractivity contribution is 4.88. The van der Waals surface area contributed by atoms with E-state index < -0.39 is 0 Å². The third-order valence-electron chi connectivity index (χ3n) is 4.74. The Morgan fingerprint density at radius 3 is 2.50 bits per heavy atom. The van der Waals surface area contributed by atoms with Crippen molar-refractivity contribution in [3.63, 3.8) is 0 Å². The average molecular weight is 255 g/mol. The van der Waals surface area contributed by atoms with Gasteiger partial charge in [0.25, 0.3) is 0 Å². The van der Waals surface area contributed by atoms with Crippen molar-refractivity contribution in [1.82, 2.24) is 4.90 Å². The van der Waals surface area contributed by atoms with E-state index in [1.165, 1.54) is 51.5 Å². The maximum absolute atomic E-state index is 9.84. The second-order valence-corrected chi connectivity index (χ2v) is 6.26. The molecule has 0 amide bonds. The Labute approximate surface area is 114 Å². The lowest BCUT2D eigenvalue weighted by molar-refractivity contribution is 0.000868. The summed E-state index contributed by atoms with van der Waals surface area (Å²) in [5.41, 5.74) is 0.313. The molecule has 0 radical (unpaired) electrons. The van der Waals surface area contributed by atoms with E-state index in [0.717, 1.165) is 19.4 Å². The van der Waals surface area contributed by atoms with E-state index >= 15 is 0 Å². The summed E-state index contributed by atoms with van der Waals surface area (Å²) in [6.07, 6.45) is 11.4. The molecular formula is C16H33NO. The molecular weight excluding hydrogens is 222 g/mol. The summed E-state index contributed by atoms with van der Waals surface area (Å²) in [6.45, 7) is 9.03. The van der Waals surface area contributed by atoms with Gasteiger partial charge in [0.2, 0.25) is 0 Å². The molecule has 1 heterocycles. The molecule has 2 heteroatoms. The predicted octanol–water partition coefficient (Wildman–Crippen LogP) is 3.97. The summed E-state index contributed by atoms with van der Waals surface area (Å²) in [7, 11) is 0. The number of hydrogen-bond acceptors (Lipinski definition) is 2. The molecule has 2 nitrogen and oxygen atoms in total. The van der Waals surface area contributed by atoms with Gasteiger partial charge in [-0.1, -0.05) is 46.0 Å². The van der Waals surface area contributed by atoms with Gasteiger partial charge >= 0.3 is 0 Å². The molecule has 1 N–H and O–H groups in total. The number of aliphatic hydroxyl groups is 1. The van der Waals surface area contributed by atoms with E-state index in [1.807, 2.05) is 0 Å². The lowest BCUT2D eigenvalue weighted by Gasteiger charge is -2.44. The number of likely N-dealkylation sites (tertiary alicyclic amines) is 1. The molecule has 2 atom stereocenters. The van der Waals surface area contributed by atoms with Crippen LogP contribution < -0.4 is 0 Å². The smallest absolute Gasteiger partial charge is 0.0667 e. The zero-order valence-corrected chi connectivity index (χ0v) is 12.7. The molecule has 1 aliphatic heterocycles. The van der Waals surface area contributed by atoms with E-state index in [4.69, 9.17) is 0 Å². The summed E-state index contributed by atoms with van der Waals surface area (Å²) < 4.78 is 0. The van der Waals surface area contributed by atoms with Crippen molar-refractivity contribution >= 4 is 0 Å². The number of hydrogen-bond donors (Lipinski definition) is 1. The van der Waals surface area contributed by atoms with E-state index in [0.29, 0.717) is 5.54 Å². The average Bonchev–Trinajstić information content (AvgIpc) is 2.38. The van der Waals surface area contributed by atoms with Gasteiger partial charge < -0.3 is 5.11 Å². The van der Waals surface area contributed by atoms with Gasteiger partial charge in [-0.05, 0) is 39.2 Å². The van der Waals surface area contributed by atoms with Gasteiger partial charge in [0.05, 0.1) is 6.10 Å². The highest BCUT2D eigenvalue weighted by atomic mass is 16.3. The van der Waals surface area contributed by atoms with Crippen LogP contribution in [0.1, 0.15) is 78.6 Å². The zero-order valence-electron chi connectivity index (χ0n) is 12.7. The zero-order chi connectivity index (χ0) is 13.4. The summed E-state index contributed by atoms with van der Waals surface area (Å²) in [4.78, 5) is 2.54. The standard InChI is InChI=1S/C16H33NO/c1-4-6-7-8-9-12-16(3,5-2)17-13-10-11-15(18)14-17/h15,18H,4-14H2,1-3H3. The number of β-amino-alcohol motifs (C(OH)–C–C–N with tert-alkyl or cyclic N) is 1. The summed E-state index contributed by atoms with van der Waals surface area (Å²) in [5.74, 6) is 0. The first-order chi connectivity index (χ1) is 8.62. The fraction of sp³-hybridized carbons (Fsp3) is 1.00. The second-order valence-electron chi connectivity index (χ2n) is 6.26. The van der Waals surface area contributed by atoms with Crippen LogP contribution in [-0.2, 0) is 0 Å². The minimum atomic E-state index is -0.0929. The topological polar surface area (TPSA) is 23.5 Å². The van der Waals surface area contributed by atoms with Crippen LogP contribution in [0.4, 0.5) is 0 Å². The molecule has 2 unspecified atom stereocenters. The normalized spacial score (nSPS) is 25.0. The van der Waals surface area contributed by atoms with Crippen molar-refractivity contribution in [2.24, 2.45) is 0 Å². The SMILES string of the molecule is CCCCCCCC(C)(CC)N1CCCC(O)C1. The van der Waals surface area contributed by atoms with Gasteiger partial charge in [-0.3, -0.25) is 4.90 Å². The van der Waals surface area contributed by atoms with Gasteiger partial charge in [-0.25, -0.2) is 0 Å². The number of rotatable bonds is 8. The quantitative estimate of drug-likeness (QED) is 0.663. The van der Waals surface area contributed by atoms with Crippen LogP contribution in [0.5, 0.6) is 0 Å². The van der Waals surface area contributed by atoms with Gasteiger partial charge in [-0.2, -0.15) is 0 Å². The third kappa shape index (κ3) is 4.89. The van der Waals surface area contributed by atoms with Crippen molar-refractivity contribution in [3.05, 3.63) is 0 Å². The molecule has 0 spiro atoms. The number of nitrogens with zero attached hydrogens (tertiary/aromatic N) is 1. The molecule has 0 aliphatic carbocycles. The van der Waals surface area contributed by atoms with Crippen LogP contribution >= 0.6 is 0 Å². The molecule has 1 saturated heterocycles. The molecule has 0 aromatic rings. The molecule has 108 valence electrons. The number of unbranched alkanes of at least 4 members (excludes halogenated alkanes) is 4. The van der Waals surface area contributed by atoms with Crippen LogP contribution in [0.2, 0.25) is 0 Å². The maximum Gasteiger partial charge on any atom is 0.0667 e. The fourth-order valence-corrected chi connectivity index (χ4v) is 3.11. The summed E-state index contributed by atoms with van der Waals surface area (Å²) in [6, 6.07) is 0. The van der Waals surface area contributed by atoms with Gasteiger partial charge in [0.1, 0.15) is 0 Å². The van der Waals surface area contributed by atoms with Crippen molar-refractivity contribution < 1.29 is 5.11 Å². The van der Waals surface area contributed by atoms with E-state index in [9.17, 15) is 5.11 Å². The van der Waals surface area contributed by atoms with Gasteiger partial charge in [0.15, 0.2) is 0 Å². The molecule has 0 aromatic heterocycles. The molecule has 0 bridgehead atoms. The van der Waals surface area contributed by atoms with Crippen molar-refractivity contribution in [2.45, 2.75) is 90.2 Å². The van der Waals surface area contributed by atoms with Crippen molar-refractivity contribution in [3.8, 4) is 0 Å². The molecule has 0 saturated carbocycles. The van der Waals surface area contributed by atoms with Crippen molar-refractivity contribution in [2.75, 3.05) is 13.1 Å². The Hall–Kier alpha value is -0.0800. The largest absolute Gasteiger partial charge is 0.392 e. The maximum atomic E-state index is 9.84. The molecule has 0 aromatic carbocycles. The van der Waals surface area contributed by atoms with E-state index in [-0.39, 0.29) is 6.10 Å². The van der Waals surface area contributed by atoms with E-state index in [1.54, 1.807) is 0 Å². The Bertz CT molecular complexity index is 219. The summed E-state index contributed by atoms with van der Waals surface area (Å²) in [5, 5.41) is 9.84. The molecule has 1 fully saturated rings. The lowest BCUT2D eigenvalue weighted by Crippen LogP contribution is -2.52. The first kappa shape index (κ1) is 16.0. The Kier molecular flexibility index (Phi) is 7.25. The van der Waals surface area contributed by atoms with Crippen LogP contribution in [0.25, 0.3) is 0 Å². The molecule has 1 rings (SSSR count). The molecule has 18 heavy (non-hydrogen) atoms. The van der Waals surface area contributed by atoms with E-state index in [2.05, 4.69) is 25.7 Å². The Morgan fingerprint density at radius 2 is 1.89 bits per heavy atom. The minimum Gasteiger partial charge on any atom is -0.392 e. The fourth-order valence-electron chi connectivity index (χ4n) is 3.11. The van der Waals surface area contributed by atoms with Crippen LogP contribution in [0, 0.1) is 0 Å². The van der Waals surface area contributed by atoms with Gasteiger partial charge in [-0.15, -0.1) is 0 Å². The summed E-state index contributed by atoms with van der Waals surface area (Å²) >= 11 is 0. The third-order valence-corrected chi connectivity index (χ3v) is 4.74. The predicted molar refractivity (Wildman–Crippen MR) is 78.9 cm³/mol. The van der Waals surface area contributed by atoms with Crippen LogP contribution in [0.15, 0.2) is 0 Å². The monoisotopic (exact) mass is 255 g/mol. The Balaban J connectivity index is 2.35. The highest BCUT2D eigenvalue weighted by Gasteiger charge is 2.32. The first-order valence-electron chi connectivity index (χ1n) is 8.05. The lowest BCUT2D eigenvalue weighted by atomic mass is 9.87. The van der Waals surface area contributed by atoms with Crippen LogP contribution in [0.3, 0.4) is 0 Å².